The Morgan fingerprint density at radius 1 is 0.806 bits per heavy atom. The van der Waals surface area contributed by atoms with Crippen molar-refractivity contribution >= 4 is 45.8 Å². The number of hydrogen-bond donors (Lipinski definition) is 1. The van der Waals surface area contributed by atoms with Gasteiger partial charge in [0.05, 0.1) is 18.4 Å². The van der Waals surface area contributed by atoms with Crippen molar-refractivity contribution in [2.24, 2.45) is 0 Å². The molecule has 0 aliphatic carbocycles. The Kier molecular flexibility index (Phi) is 5.92. The summed E-state index contributed by atoms with van der Waals surface area (Å²) in [6.07, 6.45) is 0. The van der Waals surface area contributed by atoms with Crippen LogP contribution in [0.15, 0.2) is 84.9 Å². The first-order chi connectivity index (χ1) is 17.5. The molecular formula is C28H20N2O6. The van der Waals surface area contributed by atoms with Gasteiger partial charge < -0.3 is 14.8 Å². The minimum Gasteiger partial charge on any atom is -0.497 e. The van der Waals surface area contributed by atoms with Crippen molar-refractivity contribution in [2.45, 2.75) is 0 Å². The lowest BCUT2D eigenvalue weighted by atomic mass is 9.94. The Morgan fingerprint density at radius 2 is 1.42 bits per heavy atom. The van der Waals surface area contributed by atoms with Gasteiger partial charge in [-0.1, -0.05) is 24.3 Å². The van der Waals surface area contributed by atoms with Crippen molar-refractivity contribution in [3.05, 3.63) is 102 Å². The Bertz CT molecular complexity index is 1460. The number of rotatable bonds is 6. The van der Waals surface area contributed by atoms with E-state index in [1.54, 1.807) is 55.6 Å². The first-order valence-corrected chi connectivity index (χ1v) is 11.1. The van der Waals surface area contributed by atoms with Crippen LogP contribution in [0.2, 0.25) is 0 Å². The lowest BCUT2D eigenvalue weighted by Gasteiger charge is -2.27. The highest BCUT2D eigenvalue weighted by molar-refractivity contribution is 6.35. The van der Waals surface area contributed by atoms with Gasteiger partial charge in [-0.05, 0) is 66.0 Å². The molecule has 0 fully saturated rings. The number of ether oxygens (including phenoxy) is 2. The van der Waals surface area contributed by atoms with Crippen LogP contribution in [0.4, 0.5) is 11.4 Å². The highest BCUT2D eigenvalue weighted by Crippen LogP contribution is 2.32. The van der Waals surface area contributed by atoms with E-state index in [1.165, 1.54) is 24.3 Å². The van der Waals surface area contributed by atoms with E-state index in [4.69, 9.17) is 9.47 Å². The fraction of sp³-hybridized carbons (Fsp3) is 0.0714. The summed E-state index contributed by atoms with van der Waals surface area (Å²) in [7, 11) is 1.54. The molecule has 0 atom stereocenters. The van der Waals surface area contributed by atoms with Gasteiger partial charge in [0.25, 0.3) is 17.7 Å². The number of esters is 1. The molecule has 4 aromatic rings. The molecule has 0 saturated carbocycles. The number of methoxy groups -OCH3 is 1. The van der Waals surface area contributed by atoms with Gasteiger partial charge in [0.15, 0.2) is 6.61 Å². The average Bonchev–Trinajstić information content (AvgIpc) is 2.91. The van der Waals surface area contributed by atoms with Crippen molar-refractivity contribution in [3.8, 4) is 5.75 Å². The van der Waals surface area contributed by atoms with Crippen LogP contribution in [0.5, 0.6) is 5.75 Å². The van der Waals surface area contributed by atoms with Gasteiger partial charge in [0, 0.05) is 22.2 Å². The number of carbonyl (C=O) groups excluding carboxylic acids is 4. The third-order valence-corrected chi connectivity index (χ3v) is 5.84. The van der Waals surface area contributed by atoms with Gasteiger partial charge in [-0.15, -0.1) is 0 Å². The minimum atomic E-state index is -0.710. The molecule has 1 aliphatic rings. The molecule has 0 saturated heterocycles. The first kappa shape index (κ1) is 22.8. The predicted molar refractivity (Wildman–Crippen MR) is 133 cm³/mol. The van der Waals surface area contributed by atoms with Gasteiger partial charge in [-0.2, -0.15) is 0 Å². The zero-order valence-corrected chi connectivity index (χ0v) is 19.2. The maximum absolute atomic E-state index is 13.2. The number of anilines is 2. The van der Waals surface area contributed by atoms with Crippen molar-refractivity contribution < 1.29 is 28.7 Å². The molecule has 1 heterocycles. The van der Waals surface area contributed by atoms with Crippen molar-refractivity contribution in [1.82, 2.24) is 0 Å². The predicted octanol–water partition coefficient (Wildman–Crippen LogP) is 4.44. The lowest BCUT2D eigenvalue weighted by Crippen LogP contribution is -2.40. The van der Waals surface area contributed by atoms with Crippen LogP contribution in [-0.4, -0.2) is 37.4 Å². The molecule has 8 heteroatoms. The summed E-state index contributed by atoms with van der Waals surface area (Å²) < 4.78 is 10.2. The highest BCUT2D eigenvalue weighted by atomic mass is 16.5. The Hall–Kier alpha value is -4.98. The fourth-order valence-electron chi connectivity index (χ4n) is 4.10. The van der Waals surface area contributed by atoms with E-state index >= 15 is 0 Å². The second-order valence-electron chi connectivity index (χ2n) is 8.05. The van der Waals surface area contributed by atoms with Crippen LogP contribution in [0.3, 0.4) is 0 Å². The molecule has 0 radical (unpaired) electrons. The van der Waals surface area contributed by atoms with Gasteiger partial charge in [0.1, 0.15) is 5.75 Å². The number of hydrogen-bond acceptors (Lipinski definition) is 6. The minimum absolute atomic E-state index is 0.176. The van der Waals surface area contributed by atoms with Crippen molar-refractivity contribution in [1.29, 1.82) is 0 Å². The summed E-state index contributed by atoms with van der Waals surface area (Å²) in [6, 6.07) is 23.3. The Balaban J connectivity index is 1.26. The molecule has 36 heavy (non-hydrogen) atoms. The average molecular weight is 480 g/mol. The summed E-state index contributed by atoms with van der Waals surface area (Å²) in [4.78, 5) is 51.9. The number of imide groups is 1. The van der Waals surface area contributed by atoms with E-state index in [0.29, 0.717) is 33.6 Å². The van der Waals surface area contributed by atoms with Crippen molar-refractivity contribution in [3.63, 3.8) is 0 Å². The van der Waals surface area contributed by atoms with Crippen molar-refractivity contribution in [2.75, 3.05) is 23.9 Å². The first-order valence-electron chi connectivity index (χ1n) is 11.1. The Morgan fingerprint density at radius 3 is 2.00 bits per heavy atom. The lowest BCUT2D eigenvalue weighted by molar-refractivity contribution is -0.119. The molecule has 0 spiro atoms. The van der Waals surface area contributed by atoms with Crippen LogP contribution in [0, 0.1) is 0 Å². The van der Waals surface area contributed by atoms with E-state index in [1.807, 2.05) is 12.1 Å². The second kappa shape index (κ2) is 9.34. The third kappa shape index (κ3) is 4.16. The maximum Gasteiger partial charge on any atom is 0.338 e. The summed E-state index contributed by atoms with van der Waals surface area (Å²) in [6.45, 7) is -0.476. The fourth-order valence-corrected chi connectivity index (χ4v) is 4.10. The molecule has 3 amide bonds. The summed E-state index contributed by atoms with van der Waals surface area (Å²) in [5.41, 5.74) is 1.91. The second-order valence-corrected chi connectivity index (χ2v) is 8.05. The molecule has 1 aliphatic heterocycles. The number of carbonyl (C=O) groups is 4. The zero-order chi connectivity index (χ0) is 25.2. The van der Waals surface area contributed by atoms with Gasteiger partial charge in [-0.3, -0.25) is 14.4 Å². The topological polar surface area (TPSA) is 102 Å². The zero-order valence-electron chi connectivity index (χ0n) is 19.2. The molecule has 0 bridgehead atoms. The van der Waals surface area contributed by atoms with Gasteiger partial charge >= 0.3 is 5.97 Å². The highest BCUT2D eigenvalue weighted by Gasteiger charge is 2.33. The van der Waals surface area contributed by atoms with E-state index in [0.717, 1.165) is 10.3 Å². The molecule has 178 valence electrons. The number of benzene rings is 4. The van der Waals surface area contributed by atoms with E-state index in [2.05, 4.69) is 5.32 Å². The normalized spacial score (nSPS) is 12.4. The van der Waals surface area contributed by atoms with Crippen LogP contribution < -0.4 is 15.0 Å². The number of amides is 3. The standard InChI is InChI=1S/C28H20N2O6/c1-35-21-14-10-19(11-15-21)29-24(31)16-36-28(34)18-8-12-20(13-9-18)30-26(32)22-6-2-4-17-5-3-7-23(25(17)22)27(30)33/h2-15H,16H2,1H3,(H,29,31). The van der Waals surface area contributed by atoms with Crippen LogP contribution >= 0.6 is 0 Å². The van der Waals surface area contributed by atoms with Crippen LogP contribution in [0.25, 0.3) is 10.8 Å². The number of nitrogens with zero attached hydrogens (tertiary/aromatic N) is 1. The Labute approximate surface area is 206 Å². The quantitative estimate of drug-likeness (QED) is 0.323. The monoisotopic (exact) mass is 480 g/mol. The molecule has 0 unspecified atom stereocenters. The molecular weight excluding hydrogens is 460 g/mol. The molecule has 0 aromatic heterocycles. The van der Waals surface area contributed by atoms with Gasteiger partial charge in [-0.25, -0.2) is 9.69 Å². The van der Waals surface area contributed by atoms with E-state index < -0.39 is 30.3 Å². The summed E-state index contributed by atoms with van der Waals surface area (Å²) in [5.74, 6) is -1.43. The SMILES string of the molecule is COc1ccc(NC(=O)COC(=O)c2ccc(N3C(=O)c4cccc5cccc(c45)C3=O)cc2)cc1. The van der Waals surface area contributed by atoms with Crippen LogP contribution in [-0.2, 0) is 9.53 Å². The molecule has 4 aromatic carbocycles. The number of nitrogens with one attached hydrogen (secondary N) is 1. The van der Waals surface area contributed by atoms with E-state index in [-0.39, 0.29) is 5.56 Å². The maximum atomic E-state index is 13.2. The molecule has 1 N–H and O–H groups in total. The molecule has 8 nitrogen and oxygen atoms in total. The third-order valence-electron chi connectivity index (χ3n) is 5.84. The van der Waals surface area contributed by atoms with Gasteiger partial charge in [0.2, 0.25) is 0 Å². The smallest absolute Gasteiger partial charge is 0.338 e. The largest absolute Gasteiger partial charge is 0.497 e. The van der Waals surface area contributed by atoms with Crippen LogP contribution in [0.1, 0.15) is 31.1 Å². The summed E-state index contributed by atoms with van der Waals surface area (Å²) >= 11 is 0. The molecule has 5 rings (SSSR count). The van der Waals surface area contributed by atoms with E-state index in [9.17, 15) is 19.2 Å². The summed E-state index contributed by atoms with van der Waals surface area (Å²) in [5, 5.41) is 4.08.